The van der Waals surface area contributed by atoms with E-state index in [2.05, 4.69) is 15.2 Å². The number of amides is 1. The zero-order chi connectivity index (χ0) is 17.2. The molecule has 1 aliphatic rings. The highest BCUT2D eigenvalue weighted by atomic mass is 35.5. The number of benzene rings is 1. The maximum atomic E-state index is 12.1. The second kappa shape index (κ2) is 7.19. The number of piperidine rings is 1. The number of thiazole rings is 1. The van der Waals surface area contributed by atoms with Gasteiger partial charge in [-0.3, -0.25) is 9.69 Å². The molecule has 0 unspecified atom stereocenters. The van der Waals surface area contributed by atoms with Gasteiger partial charge in [0.1, 0.15) is 0 Å². The summed E-state index contributed by atoms with van der Waals surface area (Å²) in [6, 6.07) is 7.33. The van der Waals surface area contributed by atoms with Gasteiger partial charge in [0, 0.05) is 23.5 Å². The number of carbonyl (C=O) groups is 1. The largest absolute Gasteiger partial charge is 0.385 e. The predicted octanol–water partition coefficient (Wildman–Crippen LogP) is 3.03. The number of hydrogen-bond donors (Lipinski definition) is 2. The van der Waals surface area contributed by atoms with E-state index in [4.69, 9.17) is 11.6 Å². The van der Waals surface area contributed by atoms with Gasteiger partial charge in [0.15, 0.2) is 5.13 Å². The molecule has 2 heterocycles. The van der Waals surface area contributed by atoms with E-state index in [1.807, 2.05) is 24.4 Å². The van der Waals surface area contributed by atoms with Crippen LogP contribution >= 0.6 is 22.9 Å². The molecule has 7 heteroatoms. The minimum Gasteiger partial charge on any atom is -0.385 e. The Balaban J connectivity index is 1.53. The van der Waals surface area contributed by atoms with Crippen LogP contribution in [0.5, 0.6) is 0 Å². The van der Waals surface area contributed by atoms with Crippen molar-refractivity contribution in [3.63, 3.8) is 0 Å². The Morgan fingerprint density at radius 3 is 2.62 bits per heavy atom. The molecule has 1 amide bonds. The third kappa shape index (κ3) is 4.13. The molecule has 2 aromatic rings. The van der Waals surface area contributed by atoms with Gasteiger partial charge in [-0.25, -0.2) is 4.98 Å². The summed E-state index contributed by atoms with van der Waals surface area (Å²) in [6.45, 7) is 3.55. The first-order valence-electron chi connectivity index (χ1n) is 7.87. The summed E-state index contributed by atoms with van der Waals surface area (Å²) >= 11 is 7.33. The first-order valence-corrected chi connectivity index (χ1v) is 9.13. The molecular weight excluding hydrogens is 346 g/mol. The summed E-state index contributed by atoms with van der Waals surface area (Å²) in [5.41, 5.74) is 0.944. The maximum Gasteiger partial charge on any atom is 0.240 e. The number of likely N-dealkylation sites (tertiary alicyclic amines) is 1. The molecule has 1 aromatic heterocycles. The Bertz CT molecular complexity index is 709. The van der Waals surface area contributed by atoms with E-state index < -0.39 is 5.60 Å². The highest BCUT2D eigenvalue weighted by Gasteiger charge is 2.34. The molecule has 1 fully saturated rings. The molecule has 1 saturated heterocycles. The first-order chi connectivity index (χ1) is 11.4. The Kier molecular flexibility index (Phi) is 5.20. The first kappa shape index (κ1) is 17.4. The van der Waals surface area contributed by atoms with Crippen LogP contribution in [0.3, 0.4) is 0 Å². The van der Waals surface area contributed by atoms with Crippen molar-refractivity contribution >= 4 is 34.0 Å². The van der Waals surface area contributed by atoms with Crippen LogP contribution in [0.1, 0.15) is 24.1 Å². The zero-order valence-corrected chi connectivity index (χ0v) is 15.0. The van der Waals surface area contributed by atoms with Crippen LogP contribution in [0.4, 0.5) is 5.13 Å². The minimum absolute atomic E-state index is 0.0683. The molecule has 128 valence electrons. The van der Waals surface area contributed by atoms with E-state index in [9.17, 15) is 9.90 Å². The van der Waals surface area contributed by atoms with E-state index >= 15 is 0 Å². The molecule has 0 spiro atoms. The van der Waals surface area contributed by atoms with E-state index in [0.29, 0.717) is 42.6 Å². The van der Waals surface area contributed by atoms with Crippen molar-refractivity contribution in [3.05, 3.63) is 45.9 Å². The fraction of sp³-hybridized carbons (Fsp3) is 0.412. The highest BCUT2D eigenvalue weighted by Crippen LogP contribution is 2.33. The molecule has 0 saturated carbocycles. The summed E-state index contributed by atoms with van der Waals surface area (Å²) in [7, 11) is 0. The molecule has 2 N–H and O–H groups in total. The van der Waals surface area contributed by atoms with Crippen LogP contribution in [0.25, 0.3) is 0 Å². The van der Waals surface area contributed by atoms with Crippen molar-refractivity contribution in [2.24, 2.45) is 0 Å². The number of carbonyl (C=O) groups excluding carboxylic acids is 1. The van der Waals surface area contributed by atoms with Crippen LogP contribution in [0, 0.1) is 6.92 Å². The normalized spacial score (nSPS) is 17.6. The second-order valence-electron chi connectivity index (χ2n) is 6.16. The zero-order valence-electron chi connectivity index (χ0n) is 13.5. The van der Waals surface area contributed by atoms with Crippen molar-refractivity contribution in [1.29, 1.82) is 0 Å². The van der Waals surface area contributed by atoms with Gasteiger partial charge in [-0.15, -0.1) is 11.3 Å². The summed E-state index contributed by atoms with van der Waals surface area (Å²) in [5, 5.41) is 16.9. The minimum atomic E-state index is -0.843. The van der Waals surface area contributed by atoms with Gasteiger partial charge in [-0.1, -0.05) is 23.7 Å². The molecule has 1 aromatic carbocycles. The lowest BCUT2D eigenvalue weighted by atomic mass is 9.84. The van der Waals surface area contributed by atoms with Crippen molar-refractivity contribution < 1.29 is 9.90 Å². The highest BCUT2D eigenvalue weighted by molar-refractivity contribution is 7.13. The van der Waals surface area contributed by atoms with Gasteiger partial charge in [0.2, 0.25) is 5.91 Å². The van der Waals surface area contributed by atoms with Crippen molar-refractivity contribution in [1.82, 2.24) is 9.88 Å². The quantitative estimate of drug-likeness (QED) is 0.874. The molecule has 0 radical (unpaired) electrons. The van der Waals surface area contributed by atoms with Gasteiger partial charge in [0.25, 0.3) is 0 Å². The number of nitrogens with zero attached hydrogens (tertiary/aromatic N) is 2. The van der Waals surface area contributed by atoms with Gasteiger partial charge >= 0.3 is 0 Å². The summed E-state index contributed by atoms with van der Waals surface area (Å²) in [6.07, 6.45) is 1.19. The lowest BCUT2D eigenvalue weighted by molar-refractivity contribution is -0.118. The molecule has 3 rings (SSSR count). The predicted molar refractivity (Wildman–Crippen MR) is 96.5 cm³/mol. The SMILES string of the molecule is Cc1csc(NC(=O)CN2CCC(O)(c3ccc(Cl)cc3)CC2)n1. The maximum absolute atomic E-state index is 12.1. The number of aliphatic hydroxyl groups is 1. The molecular formula is C17H20ClN3O2S. The average Bonchev–Trinajstić information content (AvgIpc) is 2.95. The summed E-state index contributed by atoms with van der Waals surface area (Å²) in [4.78, 5) is 18.4. The molecule has 5 nitrogen and oxygen atoms in total. The molecule has 24 heavy (non-hydrogen) atoms. The molecule has 0 atom stereocenters. The number of aromatic nitrogens is 1. The van der Waals surface area contributed by atoms with E-state index in [1.54, 1.807) is 12.1 Å². The summed E-state index contributed by atoms with van der Waals surface area (Å²) < 4.78 is 0. The number of hydrogen-bond acceptors (Lipinski definition) is 5. The van der Waals surface area contributed by atoms with Crippen molar-refractivity contribution in [3.8, 4) is 0 Å². The molecule has 0 aliphatic carbocycles. The Morgan fingerprint density at radius 2 is 2.04 bits per heavy atom. The fourth-order valence-electron chi connectivity index (χ4n) is 2.90. The summed E-state index contributed by atoms with van der Waals surface area (Å²) in [5.74, 6) is -0.0683. The van der Waals surface area contributed by atoms with Gasteiger partial charge < -0.3 is 10.4 Å². The van der Waals surface area contributed by atoms with E-state index in [0.717, 1.165) is 11.3 Å². The number of aryl methyl sites for hydroxylation is 1. The van der Waals surface area contributed by atoms with E-state index in [-0.39, 0.29) is 5.91 Å². The molecule has 0 bridgehead atoms. The second-order valence-corrected chi connectivity index (χ2v) is 7.45. The van der Waals surface area contributed by atoms with Crippen LogP contribution in [-0.4, -0.2) is 40.5 Å². The number of nitrogens with one attached hydrogen (secondary N) is 1. The van der Waals surface area contributed by atoms with Gasteiger partial charge in [-0.2, -0.15) is 0 Å². The number of anilines is 1. The van der Waals surface area contributed by atoms with Crippen molar-refractivity contribution in [2.45, 2.75) is 25.4 Å². The third-order valence-electron chi connectivity index (χ3n) is 4.30. The number of rotatable bonds is 4. The van der Waals surface area contributed by atoms with Crippen LogP contribution in [0.2, 0.25) is 5.02 Å². The Labute approximate surface area is 150 Å². The topological polar surface area (TPSA) is 65.5 Å². The third-order valence-corrected chi connectivity index (χ3v) is 5.42. The fourth-order valence-corrected chi connectivity index (χ4v) is 3.73. The van der Waals surface area contributed by atoms with Crippen LogP contribution in [-0.2, 0) is 10.4 Å². The van der Waals surface area contributed by atoms with Crippen molar-refractivity contribution in [2.75, 3.05) is 25.0 Å². The smallest absolute Gasteiger partial charge is 0.240 e. The number of halogens is 1. The monoisotopic (exact) mass is 365 g/mol. The average molecular weight is 366 g/mol. The Hall–Kier alpha value is -1.47. The lowest BCUT2D eigenvalue weighted by Gasteiger charge is -2.38. The van der Waals surface area contributed by atoms with E-state index in [1.165, 1.54) is 11.3 Å². The lowest BCUT2D eigenvalue weighted by Crippen LogP contribution is -2.45. The van der Waals surface area contributed by atoms with Gasteiger partial charge in [-0.05, 0) is 37.5 Å². The Morgan fingerprint density at radius 1 is 1.38 bits per heavy atom. The van der Waals surface area contributed by atoms with Crippen LogP contribution in [0.15, 0.2) is 29.6 Å². The molecule has 1 aliphatic heterocycles. The van der Waals surface area contributed by atoms with Gasteiger partial charge in [0.05, 0.1) is 17.8 Å². The van der Waals surface area contributed by atoms with Crippen LogP contribution < -0.4 is 5.32 Å². The standard InChI is InChI=1S/C17H20ClN3O2S/c1-12-11-24-16(19-12)20-15(22)10-21-8-6-17(23,7-9-21)13-2-4-14(18)5-3-13/h2-5,11,23H,6-10H2,1H3,(H,19,20,22).